The second kappa shape index (κ2) is 8.90. The molecule has 0 aliphatic rings. The van der Waals surface area contributed by atoms with Gasteiger partial charge < -0.3 is 19.8 Å². The molecule has 0 fully saturated rings. The largest absolute Gasteiger partial charge is 0.481 e. The number of nitrogens with one attached hydrogen (secondary N) is 2. The first-order chi connectivity index (χ1) is 13.5. The molecule has 6 nitrogen and oxygen atoms in total. The van der Waals surface area contributed by atoms with Crippen LogP contribution in [0.4, 0.5) is 5.69 Å². The minimum Gasteiger partial charge on any atom is -0.481 e. The summed E-state index contributed by atoms with van der Waals surface area (Å²) in [6, 6.07) is 17.8. The Kier molecular flexibility index (Phi) is 6.11. The van der Waals surface area contributed by atoms with Crippen molar-refractivity contribution in [3.05, 3.63) is 83.8 Å². The Balaban J connectivity index is 1.63. The van der Waals surface area contributed by atoms with E-state index in [0.717, 1.165) is 5.56 Å². The summed E-state index contributed by atoms with van der Waals surface area (Å²) in [6.07, 6.45) is 0.826. The van der Waals surface area contributed by atoms with Crippen LogP contribution in [0.1, 0.15) is 28.6 Å². The summed E-state index contributed by atoms with van der Waals surface area (Å²) in [6.45, 7) is 3.91. The van der Waals surface area contributed by atoms with Crippen molar-refractivity contribution >= 4 is 17.5 Å². The summed E-state index contributed by atoms with van der Waals surface area (Å²) in [5.74, 6) is 0.610. The molecule has 0 aliphatic carbocycles. The predicted octanol–water partition coefficient (Wildman–Crippen LogP) is 3.92. The normalized spacial score (nSPS) is 11.5. The topological polar surface area (TPSA) is 80.6 Å². The molecule has 0 spiro atoms. The number of furan rings is 1. The quantitative estimate of drug-likeness (QED) is 0.653. The lowest BCUT2D eigenvalue weighted by atomic mass is 10.1. The number of aryl methyl sites for hydroxylation is 1. The number of para-hydroxylation sites is 1. The first kappa shape index (κ1) is 19.2. The summed E-state index contributed by atoms with van der Waals surface area (Å²) in [7, 11) is 0. The number of benzene rings is 2. The van der Waals surface area contributed by atoms with Gasteiger partial charge in [-0.3, -0.25) is 9.59 Å². The molecule has 0 unspecified atom stereocenters. The van der Waals surface area contributed by atoms with Gasteiger partial charge in [-0.05, 0) is 50.2 Å². The zero-order valence-corrected chi connectivity index (χ0v) is 15.8. The molecule has 144 valence electrons. The van der Waals surface area contributed by atoms with Crippen molar-refractivity contribution in [2.45, 2.75) is 26.5 Å². The van der Waals surface area contributed by atoms with Crippen LogP contribution in [-0.2, 0) is 11.3 Å². The second-order valence-electron chi connectivity index (χ2n) is 6.37. The summed E-state index contributed by atoms with van der Waals surface area (Å²) in [4.78, 5) is 25.0. The lowest BCUT2D eigenvalue weighted by Crippen LogP contribution is -2.31. The number of carbonyl (C=O) groups is 2. The number of hydrogen-bond donors (Lipinski definition) is 2. The molecule has 3 aromatic rings. The van der Waals surface area contributed by atoms with Crippen molar-refractivity contribution in [2.24, 2.45) is 0 Å². The van der Waals surface area contributed by atoms with E-state index in [1.165, 1.54) is 0 Å². The van der Waals surface area contributed by atoms with Crippen LogP contribution in [0.2, 0.25) is 0 Å². The number of ether oxygens (including phenoxy) is 1. The van der Waals surface area contributed by atoms with Crippen LogP contribution >= 0.6 is 0 Å². The Bertz CT molecular complexity index is 933. The van der Waals surface area contributed by atoms with Crippen LogP contribution in [0.15, 0.2) is 71.3 Å². The first-order valence-electron chi connectivity index (χ1n) is 8.97. The SMILES string of the molecule is Cc1ccc(O[C@@H](C)C(=O)Nc2ccccc2C(=O)NCc2ccco2)cc1. The standard InChI is InChI=1S/C22H22N2O4/c1-15-9-11-17(12-10-15)28-16(2)21(25)24-20-8-4-3-7-19(20)22(26)23-14-18-6-5-13-27-18/h3-13,16H,14H2,1-2H3,(H,23,26)(H,24,25)/t16-/m0/s1. The third-order valence-corrected chi connectivity index (χ3v) is 4.14. The van der Waals surface area contributed by atoms with E-state index in [9.17, 15) is 9.59 Å². The lowest BCUT2D eigenvalue weighted by molar-refractivity contribution is -0.122. The Hall–Kier alpha value is -3.54. The van der Waals surface area contributed by atoms with Gasteiger partial charge in [0.25, 0.3) is 11.8 Å². The summed E-state index contributed by atoms with van der Waals surface area (Å²) < 4.78 is 10.9. The molecule has 0 radical (unpaired) electrons. The number of anilines is 1. The summed E-state index contributed by atoms with van der Waals surface area (Å²) in [5, 5.41) is 5.54. The number of amides is 2. The van der Waals surface area contributed by atoms with Crippen LogP contribution < -0.4 is 15.4 Å². The van der Waals surface area contributed by atoms with Crippen molar-refractivity contribution < 1.29 is 18.7 Å². The molecule has 2 aromatic carbocycles. The molecule has 0 saturated heterocycles. The van der Waals surface area contributed by atoms with Crippen LogP contribution in [0, 0.1) is 6.92 Å². The van der Waals surface area contributed by atoms with Crippen molar-refractivity contribution in [1.82, 2.24) is 5.32 Å². The van der Waals surface area contributed by atoms with Crippen molar-refractivity contribution in [1.29, 1.82) is 0 Å². The molecule has 6 heteroatoms. The Morgan fingerprint density at radius 1 is 1.04 bits per heavy atom. The van der Waals surface area contributed by atoms with E-state index in [0.29, 0.717) is 22.8 Å². The molecule has 3 rings (SSSR count). The minimum absolute atomic E-state index is 0.265. The van der Waals surface area contributed by atoms with Crippen LogP contribution in [0.25, 0.3) is 0 Å². The molecule has 0 aliphatic heterocycles. The maximum Gasteiger partial charge on any atom is 0.265 e. The van der Waals surface area contributed by atoms with E-state index in [4.69, 9.17) is 9.15 Å². The highest BCUT2D eigenvalue weighted by molar-refractivity contribution is 6.04. The second-order valence-corrected chi connectivity index (χ2v) is 6.37. The highest BCUT2D eigenvalue weighted by atomic mass is 16.5. The van der Waals surface area contributed by atoms with Crippen LogP contribution in [0.5, 0.6) is 5.75 Å². The fourth-order valence-electron chi connectivity index (χ4n) is 2.57. The maximum absolute atomic E-state index is 12.5. The van der Waals surface area contributed by atoms with Gasteiger partial charge in [0.15, 0.2) is 6.10 Å². The van der Waals surface area contributed by atoms with Crippen LogP contribution in [-0.4, -0.2) is 17.9 Å². The van der Waals surface area contributed by atoms with Gasteiger partial charge in [0.05, 0.1) is 24.1 Å². The number of hydrogen-bond acceptors (Lipinski definition) is 4. The van der Waals surface area contributed by atoms with Gasteiger partial charge in [0.1, 0.15) is 11.5 Å². The molecule has 1 atom stereocenters. The van der Waals surface area contributed by atoms with Gasteiger partial charge in [-0.1, -0.05) is 29.8 Å². The van der Waals surface area contributed by atoms with E-state index in [-0.39, 0.29) is 18.4 Å². The van der Waals surface area contributed by atoms with E-state index in [1.807, 2.05) is 31.2 Å². The first-order valence-corrected chi connectivity index (χ1v) is 8.97. The minimum atomic E-state index is -0.720. The van der Waals surface area contributed by atoms with Gasteiger partial charge in [-0.2, -0.15) is 0 Å². The van der Waals surface area contributed by atoms with Crippen molar-refractivity contribution in [3.8, 4) is 5.75 Å². The van der Waals surface area contributed by atoms with Crippen molar-refractivity contribution in [2.75, 3.05) is 5.32 Å². The molecule has 1 aromatic heterocycles. The van der Waals surface area contributed by atoms with Gasteiger partial charge in [-0.15, -0.1) is 0 Å². The predicted molar refractivity (Wildman–Crippen MR) is 106 cm³/mol. The molecule has 1 heterocycles. The molecular formula is C22H22N2O4. The maximum atomic E-state index is 12.5. The Morgan fingerprint density at radius 3 is 2.50 bits per heavy atom. The molecular weight excluding hydrogens is 356 g/mol. The van der Waals surface area contributed by atoms with Crippen molar-refractivity contribution in [3.63, 3.8) is 0 Å². The average molecular weight is 378 g/mol. The summed E-state index contributed by atoms with van der Waals surface area (Å²) in [5.41, 5.74) is 1.90. The fraction of sp³-hybridized carbons (Fsp3) is 0.182. The Morgan fingerprint density at radius 2 is 1.79 bits per heavy atom. The van der Waals surface area contributed by atoms with E-state index < -0.39 is 6.10 Å². The third-order valence-electron chi connectivity index (χ3n) is 4.14. The average Bonchev–Trinajstić information content (AvgIpc) is 3.22. The zero-order valence-electron chi connectivity index (χ0n) is 15.8. The third kappa shape index (κ3) is 5.01. The van der Waals surface area contributed by atoms with Gasteiger partial charge in [-0.25, -0.2) is 0 Å². The number of carbonyl (C=O) groups excluding carboxylic acids is 2. The highest BCUT2D eigenvalue weighted by Gasteiger charge is 2.18. The monoisotopic (exact) mass is 378 g/mol. The molecule has 2 N–H and O–H groups in total. The highest BCUT2D eigenvalue weighted by Crippen LogP contribution is 2.18. The smallest absolute Gasteiger partial charge is 0.265 e. The molecule has 2 amide bonds. The molecule has 0 saturated carbocycles. The zero-order chi connectivity index (χ0) is 19.9. The van der Waals surface area contributed by atoms with Crippen LogP contribution in [0.3, 0.4) is 0 Å². The Labute approximate surface area is 163 Å². The van der Waals surface area contributed by atoms with Gasteiger partial charge in [0, 0.05) is 0 Å². The van der Waals surface area contributed by atoms with E-state index in [1.54, 1.807) is 49.6 Å². The molecule has 28 heavy (non-hydrogen) atoms. The van der Waals surface area contributed by atoms with E-state index in [2.05, 4.69) is 10.6 Å². The summed E-state index contributed by atoms with van der Waals surface area (Å²) >= 11 is 0. The van der Waals surface area contributed by atoms with Gasteiger partial charge in [0.2, 0.25) is 0 Å². The molecule has 0 bridgehead atoms. The van der Waals surface area contributed by atoms with Gasteiger partial charge >= 0.3 is 0 Å². The fourth-order valence-corrected chi connectivity index (χ4v) is 2.57. The number of rotatable bonds is 7. The lowest BCUT2D eigenvalue weighted by Gasteiger charge is -2.16. The van der Waals surface area contributed by atoms with E-state index >= 15 is 0 Å².